The van der Waals surface area contributed by atoms with E-state index in [0.29, 0.717) is 24.0 Å². The highest BCUT2D eigenvalue weighted by atomic mass is 35.5. The molecular weight excluding hydrogens is 417 g/mol. The molecule has 0 aliphatic carbocycles. The molecule has 3 saturated heterocycles. The summed E-state index contributed by atoms with van der Waals surface area (Å²) < 4.78 is 0. The lowest BCUT2D eigenvalue weighted by molar-refractivity contribution is -0.123. The first-order valence-corrected chi connectivity index (χ1v) is 11.3. The van der Waals surface area contributed by atoms with Crippen molar-refractivity contribution in [3.63, 3.8) is 0 Å². The van der Waals surface area contributed by atoms with Crippen molar-refractivity contribution in [2.75, 3.05) is 18.0 Å². The van der Waals surface area contributed by atoms with Crippen molar-refractivity contribution in [1.29, 1.82) is 0 Å². The Hall–Kier alpha value is -0.970. The third-order valence-corrected chi connectivity index (χ3v) is 7.00. The van der Waals surface area contributed by atoms with Gasteiger partial charge in [0, 0.05) is 43.3 Å². The Balaban J connectivity index is 0.00000160. The van der Waals surface area contributed by atoms with Gasteiger partial charge in [0.1, 0.15) is 0 Å². The van der Waals surface area contributed by atoms with Crippen molar-refractivity contribution in [2.24, 2.45) is 5.92 Å². The van der Waals surface area contributed by atoms with Gasteiger partial charge in [-0.3, -0.25) is 4.79 Å². The summed E-state index contributed by atoms with van der Waals surface area (Å²) in [5.41, 5.74) is 2.89. The summed E-state index contributed by atoms with van der Waals surface area (Å²) in [6.07, 6.45) is 7.80. The lowest BCUT2D eigenvalue weighted by Gasteiger charge is -2.35. The zero-order valence-electron chi connectivity index (χ0n) is 18.7. The topological polar surface area (TPSA) is 44.4 Å². The molecule has 4 rings (SSSR count). The van der Waals surface area contributed by atoms with Crippen LogP contribution in [0.2, 0.25) is 0 Å². The maximum absolute atomic E-state index is 12.6. The van der Waals surface area contributed by atoms with Crippen LogP contribution in [-0.2, 0) is 10.2 Å². The highest BCUT2D eigenvalue weighted by Gasteiger charge is 2.34. The van der Waals surface area contributed by atoms with E-state index in [2.05, 4.69) is 60.6 Å². The summed E-state index contributed by atoms with van der Waals surface area (Å²) in [5.74, 6) is 0.861. The van der Waals surface area contributed by atoms with Gasteiger partial charge in [0.2, 0.25) is 5.91 Å². The van der Waals surface area contributed by atoms with Gasteiger partial charge in [0.05, 0.1) is 0 Å². The number of halogens is 2. The van der Waals surface area contributed by atoms with E-state index < -0.39 is 0 Å². The molecule has 2 atom stereocenters. The summed E-state index contributed by atoms with van der Waals surface area (Å²) in [6, 6.07) is 10.7. The van der Waals surface area contributed by atoms with E-state index in [4.69, 9.17) is 0 Å². The van der Waals surface area contributed by atoms with Crippen LogP contribution in [0, 0.1) is 5.92 Å². The number of hydrogen-bond acceptors (Lipinski definition) is 3. The van der Waals surface area contributed by atoms with E-state index in [1.54, 1.807) is 0 Å². The number of fused-ring (bicyclic) bond motifs is 2. The summed E-state index contributed by atoms with van der Waals surface area (Å²) in [5, 5.41) is 7.00. The minimum atomic E-state index is 0. The smallest absolute Gasteiger partial charge is 0.220 e. The number of nitrogens with one attached hydrogen (secondary N) is 2. The predicted molar refractivity (Wildman–Crippen MR) is 130 cm³/mol. The first kappa shape index (κ1) is 25.3. The quantitative estimate of drug-likeness (QED) is 0.682. The molecule has 0 saturated carbocycles. The fourth-order valence-electron chi connectivity index (χ4n) is 5.34. The number of nitrogens with zero attached hydrogens (tertiary/aromatic N) is 1. The molecule has 3 aliphatic rings. The number of carbonyl (C=O) groups excluding carboxylic acids is 1. The van der Waals surface area contributed by atoms with Crippen LogP contribution in [0.4, 0.5) is 5.69 Å². The van der Waals surface area contributed by atoms with Crippen molar-refractivity contribution in [1.82, 2.24) is 10.6 Å². The molecule has 0 radical (unpaired) electrons. The Morgan fingerprint density at radius 1 is 1.00 bits per heavy atom. The zero-order chi connectivity index (χ0) is 19.7. The molecule has 0 spiro atoms. The molecule has 1 aromatic rings. The minimum Gasteiger partial charge on any atom is -0.371 e. The van der Waals surface area contributed by atoms with Crippen LogP contribution >= 0.6 is 24.8 Å². The Labute approximate surface area is 194 Å². The van der Waals surface area contributed by atoms with Crippen molar-refractivity contribution in [2.45, 2.75) is 89.3 Å². The number of piperidine rings is 2. The Kier molecular flexibility index (Phi) is 8.91. The fraction of sp³-hybridized carbons (Fsp3) is 0.708. The van der Waals surface area contributed by atoms with Gasteiger partial charge < -0.3 is 15.5 Å². The van der Waals surface area contributed by atoms with Crippen LogP contribution < -0.4 is 15.5 Å². The van der Waals surface area contributed by atoms with Crippen molar-refractivity contribution >= 4 is 36.4 Å². The molecule has 0 aromatic heterocycles. The molecular formula is C24H39Cl2N3O. The second-order valence-electron chi connectivity index (χ2n) is 10.3. The number of carbonyl (C=O) groups is 1. The number of hydrogen-bond donors (Lipinski definition) is 2. The second kappa shape index (κ2) is 10.6. The molecule has 30 heavy (non-hydrogen) atoms. The molecule has 2 bridgehead atoms. The van der Waals surface area contributed by atoms with Gasteiger partial charge in [-0.05, 0) is 67.6 Å². The molecule has 1 amide bonds. The average Bonchev–Trinajstić information content (AvgIpc) is 3.00. The molecule has 6 heteroatoms. The van der Waals surface area contributed by atoms with E-state index in [0.717, 1.165) is 32.4 Å². The van der Waals surface area contributed by atoms with Crippen LogP contribution in [-0.4, -0.2) is 37.1 Å². The van der Waals surface area contributed by atoms with Gasteiger partial charge >= 0.3 is 0 Å². The van der Waals surface area contributed by atoms with E-state index >= 15 is 0 Å². The minimum absolute atomic E-state index is 0. The summed E-state index contributed by atoms with van der Waals surface area (Å²) in [7, 11) is 0. The molecule has 170 valence electrons. The number of anilines is 1. The van der Waals surface area contributed by atoms with E-state index in [1.165, 1.54) is 36.9 Å². The normalized spacial score (nSPS) is 26.5. The summed E-state index contributed by atoms with van der Waals surface area (Å²) in [6.45, 7) is 8.81. The maximum Gasteiger partial charge on any atom is 0.220 e. The number of amides is 1. The van der Waals surface area contributed by atoms with Crippen LogP contribution in [0.25, 0.3) is 0 Å². The van der Waals surface area contributed by atoms with E-state index in [1.807, 2.05) is 0 Å². The third kappa shape index (κ3) is 6.27. The molecule has 2 unspecified atom stereocenters. The summed E-state index contributed by atoms with van der Waals surface area (Å²) >= 11 is 0. The highest BCUT2D eigenvalue weighted by Crippen LogP contribution is 2.32. The lowest BCUT2D eigenvalue weighted by atomic mass is 9.87. The second-order valence-corrected chi connectivity index (χ2v) is 10.3. The van der Waals surface area contributed by atoms with Gasteiger partial charge in [0.25, 0.3) is 0 Å². The van der Waals surface area contributed by atoms with Crippen molar-refractivity contribution in [3.05, 3.63) is 29.8 Å². The van der Waals surface area contributed by atoms with Crippen LogP contribution in [0.1, 0.15) is 71.3 Å². The van der Waals surface area contributed by atoms with Crippen LogP contribution in [0.3, 0.4) is 0 Å². The van der Waals surface area contributed by atoms with Crippen molar-refractivity contribution in [3.8, 4) is 0 Å². The Bertz CT molecular complexity index is 669. The van der Waals surface area contributed by atoms with Crippen molar-refractivity contribution < 1.29 is 4.79 Å². The van der Waals surface area contributed by atoms with E-state index in [-0.39, 0.29) is 36.1 Å². The summed E-state index contributed by atoms with van der Waals surface area (Å²) in [4.78, 5) is 15.0. The highest BCUT2D eigenvalue weighted by molar-refractivity contribution is 5.85. The fourth-order valence-corrected chi connectivity index (χ4v) is 5.34. The molecule has 3 heterocycles. The molecule has 3 aliphatic heterocycles. The zero-order valence-corrected chi connectivity index (χ0v) is 20.3. The standard InChI is InChI=1S/C24H37N3O.2ClH/c1-24(2,3)18-4-8-22(9-5-18)27-12-10-19(11-13-27)26-23(28)16-17-14-20-6-7-21(15-17)25-20;;/h4-5,8-9,17,19-21,25H,6-7,10-16H2,1-3H3,(H,26,28);2*1H. The average molecular weight is 457 g/mol. The van der Waals surface area contributed by atoms with Gasteiger partial charge in [-0.2, -0.15) is 0 Å². The molecule has 3 fully saturated rings. The number of rotatable bonds is 4. The Morgan fingerprint density at radius 3 is 2.10 bits per heavy atom. The monoisotopic (exact) mass is 455 g/mol. The first-order chi connectivity index (χ1) is 13.4. The molecule has 4 nitrogen and oxygen atoms in total. The van der Waals surface area contributed by atoms with Crippen LogP contribution in [0.15, 0.2) is 24.3 Å². The van der Waals surface area contributed by atoms with Gasteiger partial charge in [0.15, 0.2) is 0 Å². The number of benzene rings is 1. The third-order valence-electron chi connectivity index (χ3n) is 7.00. The van der Waals surface area contributed by atoms with Crippen LogP contribution in [0.5, 0.6) is 0 Å². The molecule has 2 N–H and O–H groups in total. The van der Waals surface area contributed by atoms with E-state index in [9.17, 15) is 4.79 Å². The van der Waals surface area contributed by atoms with Gasteiger partial charge in [-0.25, -0.2) is 0 Å². The molecule has 1 aromatic carbocycles. The maximum atomic E-state index is 12.6. The predicted octanol–water partition coefficient (Wildman–Crippen LogP) is 4.83. The largest absolute Gasteiger partial charge is 0.371 e. The van der Waals surface area contributed by atoms with Gasteiger partial charge in [-0.15, -0.1) is 24.8 Å². The lowest BCUT2D eigenvalue weighted by Crippen LogP contribution is -2.46. The Morgan fingerprint density at radius 2 is 1.57 bits per heavy atom. The SMILES string of the molecule is CC(C)(C)c1ccc(N2CCC(NC(=O)CC3CC4CCC(C3)N4)CC2)cc1.Cl.Cl. The van der Waals surface area contributed by atoms with Gasteiger partial charge in [-0.1, -0.05) is 32.9 Å². The first-order valence-electron chi connectivity index (χ1n) is 11.3.